The van der Waals surface area contributed by atoms with Crippen LogP contribution in [0.3, 0.4) is 0 Å². The molecule has 0 fully saturated rings. The molecule has 0 aliphatic rings. The lowest BCUT2D eigenvalue weighted by molar-refractivity contribution is -0.143. The first-order chi connectivity index (χ1) is 18.1. The molecule has 0 heterocycles. The molecule has 0 saturated heterocycles. The van der Waals surface area contributed by atoms with Crippen LogP contribution in [0.25, 0.3) is 0 Å². The molecule has 2 amide bonds. The van der Waals surface area contributed by atoms with Crippen LogP contribution in [0.15, 0.2) is 83.3 Å². The van der Waals surface area contributed by atoms with Crippen molar-refractivity contribution in [1.82, 2.24) is 10.2 Å². The third-order valence-corrected chi connectivity index (χ3v) is 7.09. The quantitative estimate of drug-likeness (QED) is 0.276. The molecule has 0 unspecified atom stereocenters. The van der Waals surface area contributed by atoms with Crippen LogP contribution >= 0.6 is 15.9 Å². The van der Waals surface area contributed by atoms with Gasteiger partial charge in [0, 0.05) is 23.5 Å². The zero-order valence-electron chi connectivity index (χ0n) is 23.0. The molecule has 5 nitrogen and oxygen atoms in total. The highest BCUT2D eigenvalue weighted by Crippen LogP contribution is 2.24. The summed E-state index contributed by atoms with van der Waals surface area (Å²) in [5.74, 6) is 0.212. The van der Waals surface area contributed by atoms with Crippen LogP contribution < -0.4 is 10.1 Å². The fourth-order valence-electron chi connectivity index (χ4n) is 4.11. The predicted octanol–water partition coefficient (Wildman–Crippen LogP) is 6.68. The van der Waals surface area contributed by atoms with Gasteiger partial charge in [-0.3, -0.25) is 9.59 Å². The van der Waals surface area contributed by atoms with E-state index in [1.807, 2.05) is 92.7 Å². The molecular weight excluding hydrogens is 540 g/mol. The van der Waals surface area contributed by atoms with Gasteiger partial charge >= 0.3 is 0 Å². The lowest BCUT2D eigenvalue weighted by Gasteiger charge is -2.32. The van der Waals surface area contributed by atoms with Crippen LogP contribution in [0.2, 0.25) is 0 Å². The highest BCUT2D eigenvalue weighted by atomic mass is 79.9. The van der Waals surface area contributed by atoms with Gasteiger partial charge in [-0.05, 0) is 59.7 Å². The number of benzene rings is 3. The van der Waals surface area contributed by atoms with Gasteiger partial charge in [-0.2, -0.15) is 0 Å². The van der Waals surface area contributed by atoms with Gasteiger partial charge in [0.2, 0.25) is 5.91 Å². The fraction of sp³-hybridized carbons (Fsp3) is 0.375. The summed E-state index contributed by atoms with van der Waals surface area (Å²) in [6.07, 6.45) is 1.21. The number of ether oxygens (including phenoxy) is 1. The summed E-state index contributed by atoms with van der Waals surface area (Å²) in [5, 5.41) is 3.09. The number of carbonyl (C=O) groups is 2. The largest absolute Gasteiger partial charge is 0.484 e. The second-order valence-electron chi connectivity index (χ2n) is 10.7. The van der Waals surface area contributed by atoms with E-state index in [-0.39, 0.29) is 36.4 Å². The molecule has 202 valence electrons. The molecule has 0 aliphatic heterocycles. The number of hydrogen-bond donors (Lipinski definition) is 1. The Kier molecular flexibility index (Phi) is 10.5. The minimum absolute atomic E-state index is 0.00109. The number of amides is 2. The maximum Gasteiger partial charge on any atom is 0.261 e. The fourth-order valence-corrected chi connectivity index (χ4v) is 4.55. The van der Waals surface area contributed by atoms with Crippen molar-refractivity contribution in [3.05, 3.63) is 100 Å². The third kappa shape index (κ3) is 8.73. The standard InChI is InChI=1S/C32H39BrN2O3/c1-6-23(2)34-31(37)29(20-24-11-8-7-9-12-24)35(21-25-13-10-14-27(33)19-25)30(36)22-38-28-17-15-26(16-18-28)32(3,4)5/h7-19,23,29H,6,20-22H2,1-5H3,(H,34,37)/t23-,29+/m1/s1. The maximum atomic E-state index is 13.7. The van der Waals surface area contributed by atoms with E-state index in [2.05, 4.69) is 42.0 Å². The van der Waals surface area contributed by atoms with Crippen molar-refractivity contribution in [2.24, 2.45) is 0 Å². The third-order valence-electron chi connectivity index (χ3n) is 6.60. The van der Waals surface area contributed by atoms with Crippen LogP contribution in [-0.4, -0.2) is 35.4 Å². The summed E-state index contributed by atoms with van der Waals surface area (Å²) < 4.78 is 6.85. The van der Waals surface area contributed by atoms with Crippen LogP contribution in [0.5, 0.6) is 5.75 Å². The van der Waals surface area contributed by atoms with Gasteiger partial charge in [-0.15, -0.1) is 0 Å². The van der Waals surface area contributed by atoms with Gasteiger partial charge < -0.3 is 15.0 Å². The zero-order chi connectivity index (χ0) is 27.7. The van der Waals surface area contributed by atoms with Crippen LogP contribution in [0.4, 0.5) is 0 Å². The first-order valence-corrected chi connectivity index (χ1v) is 14.0. The van der Waals surface area contributed by atoms with E-state index >= 15 is 0 Å². The first kappa shape index (κ1) is 29.4. The summed E-state index contributed by atoms with van der Waals surface area (Å²) in [5.41, 5.74) is 3.14. The molecule has 6 heteroatoms. The van der Waals surface area contributed by atoms with E-state index in [1.54, 1.807) is 4.90 Å². The Bertz CT molecular complexity index is 1190. The van der Waals surface area contributed by atoms with E-state index in [9.17, 15) is 9.59 Å². The molecule has 0 radical (unpaired) electrons. The Morgan fingerprint density at radius 2 is 1.61 bits per heavy atom. The first-order valence-electron chi connectivity index (χ1n) is 13.2. The smallest absolute Gasteiger partial charge is 0.261 e. The minimum Gasteiger partial charge on any atom is -0.484 e. The van der Waals surface area contributed by atoms with Gasteiger partial charge in [-0.1, -0.05) is 98.2 Å². The second-order valence-corrected chi connectivity index (χ2v) is 11.7. The monoisotopic (exact) mass is 578 g/mol. The van der Waals surface area contributed by atoms with Crippen molar-refractivity contribution in [3.63, 3.8) is 0 Å². The van der Waals surface area contributed by atoms with Crippen LogP contribution in [0.1, 0.15) is 57.7 Å². The molecule has 1 N–H and O–H groups in total. The van der Waals surface area contributed by atoms with Gasteiger partial charge in [-0.25, -0.2) is 0 Å². The van der Waals surface area contributed by atoms with Crippen molar-refractivity contribution in [2.45, 2.75) is 71.5 Å². The van der Waals surface area contributed by atoms with Crippen molar-refractivity contribution in [2.75, 3.05) is 6.61 Å². The molecular formula is C32H39BrN2O3. The molecule has 38 heavy (non-hydrogen) atoms. The number of rotatable bonds is 11. The molecule has 0 saturated carbocycles. The van der Waals surface area contributed by atoms with Crippen molar-refractivity contribution in [3.8, 4) is 5.75 Å². The van der Waals surface area contributed by atoms with Gasteiger partial charge in [0.25, 0.3) is 5.91 Å². The molecule has 0 aromatic heterocycles. The van der Waals surface area contributed by atoms with Crippen molar-refractivity contribution < 1.29 is 14.3 Å². The highest BCUT2D eigenvalue weighted by Gasteiger charge is 2.31. The number of carbonyl (C=O) groups excluding carboxylic acids is 2. The van der Waals surface area contributed by atoms with Gasteiger partial charge in [0.15, 0.2) is 6.61 Å². The second kappa shape index (κ2) is 13.6. The lowest BCUT2D eigenvalue weighted by Crippen LogP contribution is -2.53. The Labute approximate surface area is 235 Å². The molecule has 0 aliphatic carbocycles. The Hall–Kier alpha value is -3.12. The van der Waals surface area contributed by atoms with E-state index in [1.165, 1.54) is 5.56 Å². The summed E-state index contributed by atoms with van der Waals surface area (Å²) in [7, 11) is 0. The average molecular weight is 580 g/mol. The maximum absolute atomic E-state index is 13.7. The number of nitrogens with one attached hydrogen (secondary N) is 1. The number of nitrogens with zero attached hydrogens (tertiary/aromatic N) is 1. The van der Waals surface area contributed by atoms with Gasteiger partial charge in [0.1, 0.15) is 11.8 Å². The van der Waals surface area contributed by atoms with Crippen LogP contribution in [0, 0.1) is 0 Å². The molecule has 0 bridgehead atoms. The minimum atomic E-state index is -0.690. The molecule has 0 spiro atoms. The van der Waals surface area contributed by atoms with E-state index < -0.39 is 6.04 Å². The summed E-state index contributed by atoms with van der Waals surface area (Å²) in [6.45, 7) is 10.6. The Morgan fingerprint density at radius 1 is 0.947 bits per heavy atom. The number of hydrogen-bond acceptors (Lipinski definition) is 3. The average Bonchev–Trinajstić information content (AvgIpc) is 2.89. The van der Waals surface area contributed by atoms with Crippen molar-refractivity contribution >= 4 is 27.7 Å². The number of halogens is 1. The lowest BCUT2D eigenvalue weighted by atomic mass is 9.87. The SMILES string of the molecule is CC[C@@H](C)NC(=O)[C@H](Cc1ccccc1)N(Cc1cccc(Br)c1)C(=O)COc1ccc(C(C)(C)C)cc1. The normalized spacial score (nSPS) is 12.9. The summed E-state index contributed by atoms with van der Waals surface area (Å²) >= 11 is 3.52. The Morgan fingerprint density at radius 3 is 2.21 bits per heavy atom. The molecule has 3 aromatic carbocycles. The zero-order valence-corrected chi connectivity index (χ0v) is 24.6. The van der Waals surface area contributed by atoms with E-state index in [0.717, 1.165) is 22.0 Å². The van der Waals surface area contributed by atoms with Crippen LogP contribution in [-0.2, 0) is 28.0 Å². The van der Waals surface area contributed by atoms with E-state index in [4.69, 9.17) is 4.74 Å². The van der Waals surface area contributed by atoms with E-state index in [0.29, 0.717) is 12.2 Å². The topological polar surface area (TPSA) is 58.6 Å². The van der Waals surface area contributed by atoms with Gasteiger partial charge in [0.05, 0.1) is 0 Å². The summed E-state index contributed by atoms with van der Waals surface area (Å²) in [6, 6.07) is 24.8. The predicted molar refractivity (Wildman–Crippen MR) is 157 cm³/mol. The molecule has 2 atom stereocenters. The van der Waals surface area contributed by atoms with Crippen molar-refractivity contribution in [1.29, 1.82) is 0 Å². The summed E-state index contributed by atoms with van der Waals surface area (Å²) in [4.78, 5) is 29.0. The highest BCUT2D eigenvalue weighted by molar-refractivity contribution is 9.10. The molecule has 3 aromatic rings. The Balaban J connectivity index is 1.89. The molecule has 3 rings (SSSR count).